The number of urea groups is 1. The Kier molecular flexibility index (Phi) is 4.34. The molecule has 0 aliphatic carbocycles. The highest BCUT2D eigenvalue weighted by Crippen LogP contribution is 2.28. The molecule has 18 heavy (non-hydrogen) atoms. The lowest BCUT2D eigenvalue weighted by atomic mass is 10.1. The van der Waals surface area contributed by atoms with E-state index in [1.165, 1.54) is 16.7 Å². The van der Waals surface area contributed by atoms with Crippen LogP contribution in [0.3, 0.4) is 0 Å². The van der Waals surface area contributed by atoms with Crippen molar-refractivity contribution in [1.29, 1.82) is 0 Å². The van der Waals surface area contributed by atoms with Crippen molar-refractivity contribution in [2.75, 3.05) is 25.5 Å². The van der Waals surface area contributed by atoms with Gasteiger partial charge in [0.25, 0.3) is 0 Å². The second kappa shape index (κ2) is 5.79. The van der Waals surface area contributed by atoms with E-state index in [0.717, 1.165) is 13.0 Å². The number of aliphatic carboxylic acids is 1. The summed E-state index contributed by atoms with van der Waals surface area (Å²) in [6.07, 6.45) is 0.951. The molecule has 2 aliphatic rings. The summed E-state index contributed by atoms with van der Waals surface area (Å²) in [4.78, 5) is 24.5. The minimum Gasteiger partial charge on any atom is -0.480 e. The van der Waals surface area contributed by atoms with Crippen LogP contribution < -0.4 is 5.32 Å². The fourth-order valence-corrected chi connectivity index (χ4v) is 3.38. The van der Waals surface area contributed by atoms with Crippen LogP contribution in [0.1, 0.15) is 13.3 Å². The van der Waals surface area contributed by atoms with Crippen LogP contribution in [0.25, 0.3) is 0 Å². The zero-order valence-electron chi connectivity index (χ0n) is 10.3. The Morgan fingerprint density at radius 3 is 2.94 bits per heavy atom. The van der Waals surface area contributed by atoms with E-state index in [2.05, 4.69) is 5.32 Å². The Labute approximate surface area is 110 Å². The number of carboxylic acids is 1. The van der Waals surface area contributed by atoms with Gasteiger partial charge in [0, 0.05) is 24.8 Å². The zero-order chi connectivity index (χ0) is 13.1. The summed E-state index contributed by atoms with van der Waals surface area (Å²) in [5.41, 5.74) is 0. The molecular weight excluding hydrogens is 256 g/mol. The van der Waals surface area contributed by atoms with Crippen molar-refractivity contribution in [1.82, 2.24) is 10.2 Å². The van der Waals surface area contributed by atoms with Gasteiger partial charge < -0.3 is 15.2 Å². The van der Waals surface area contributed by atoms with Crippen LogP contribution in [0.5, 0.6) is 0 Å². The van der Waals surface area contributed by atoms with E-state index in [0.29, 0.717) is 24.8 Å². The molecule has 0 aromatic rings. The lowest BCUT2D eigenvalue weighted by molar-refractivity contribution is -0.141. The molecule has 0 aromatic heterocycles. The van der Waals surface area contributed by atoms with E-state index < -0.39 is 12.0 Å². The molecule has 2 rings (SSSR count). The minimum absolute atomic E-state index is 0.0917. The van der Waals surface area contributed by atoms with Gasteiger partial charge in [-0.15, -0.1) is 11.8 Å². The van der Waals surface area contributed by atoms with Gasteiger partial charge in [0.1, 0.15) is 6.04 Å². The Morgan fingerprint density at radius 1 is 1.56 bits per heavy atom. The van der Waals surface area contributed by atoms with Gasteiger partial charge in [-0.2, -0.15) is 0 Å². The normalized spacial score (nSPS) is 31.6. The second-order valence-corrected chi connectivity index (χ2v) is 5.96. The maximum Gasteiger partial charge on any atom is 0.327 e. The van der Waals surface area contributed by atoms with Gasteiger partial charge in [0.15, 0.2) is 0 Å². The number of hydrogen-bond acceptors (Lipinski definition) is 4. The molecule has 7 heteroatoms. The van der Waals surface area contributed by atoms with Crippen molar-refractivity contribution in [3.05, 3.63) is 0 Å². The lowest BCUT2D eigenvalue weighted by Gasteiger charge is -2.25. The summed E-state index contributed by atoms with van der Waals surface area (Å²) in [5.74, 6) is -0.134. The topological polar surface area (TPSA) is 78.9 Å². The predicted octanol–water partition coefficient (Wildman–Crippen LogP) is 0.580. The van der Waals surface area contributed by atoms with Gasteiger partial charge in [-0.05, 0) is 13.3 Å². The molecule has 6 nitrogen and oxygen atoms in total. The number of ether oxygens (including phenoxy) is 1. The van der Waals surface area contributed by atoms with Crippen LogP contribution in [0.2, 0.25) is 0 Å². The molecule has 0 spiro atoms. The molecule has 3 unspecified atom stereocenters. The predicted molar refractivity (Wildman–Crippen MR) is 67.5 cm³/mol. The molecule has 102 valence electrons. The van der Waals surface area contributed by atoms with E-state index in [1.807, 2.05) is 6.92 Å². The Hall–Kier alpha value is -0.950. The Balaban J connectivity index is 1.87. The largest absolute Gasteiger partial charge is 0.480 e. The molecular formula is C11H18N2O4S. The molecule has 2 N–H and O–H groups in total. The van der Waals surface area contributed by atoms with Crippen LogP contribution in [-0.4, -0.2) is 58.9 Å². The van der Waals surface area contributed by atoms with E-state index in [1.54, 1.807) is 0 Å². The average molecular weight is 274 g/mol. The van der Waals surface area contributed by atoms with Crippen LogP contribution in [0.4, 0.5) is 4.79 Å². The molecule has 0 saturated carbocycles. The third kappa shape index (κ3) is 2.89. The van der Waals surface area contributed by atoms with E-state index in [-0.39, 0.29) is 11.4 Å². The van der Waals surface area contributed by atoms with Crippen LogP contribution in [0.15, 0.2) is 0 Å². The molecule has 3 atom stereocenters. The maximum absolute atomic E-state index is 12.0. The number of carbonyl (C=O) groups is 2. The molecule has 2 saturated heterocycles. The number of carboxylic acid groups (broad SMARTS) is 1. The van der Waals surface area contributed by atoms with Gasteiger partial charge in [0.05, 0.1) is 12.0 Å². The van der Waals surface area contributed by atoms with Crippen molar-refractivity contribution in [3.8, 4) is 0 Å². The summed E-state index contributed by atoms with van der Waals surface area (Å²) in [5, 5.41) is 11.8. The lowest BCUT2D eigenvalue weighted by Crippen LogP contribution is -2.50. The van der Waals surface area contributed by atoms with E-state index in [9.17, 15) is 9.59 Å². The van der Waals surface area contributed by atoms with Gasteiger partial charge >= 0.3 is 12.0 Å². The van der Waals surface area contributed by atoms with Crippen molar-refractivity contribution in [2.45, 2.75) is 24.8 Å². The highest BCUT2D eigenvalue weighted by Gasteiger charge is 2.39. The SMILES string of the molecule is CC1SCC(C(=O)O)N1C(=O)NCC1CCOC1. The molecule has 2 aliphatic heterocycles. The van der Waals surface area contributed by atoms with Crippen molar-refractivity contribution in [3.63, 3.8) is 0 Å². The highest BCUT2D eigenvalue weighted by molar-refractivity contribution is 8.00. The monoisotopic (exact) mass is 274 g/mol. The third-order valence-corrected chi connectivity index (χ3v) is 4.53. The maximum atomic E-state index is 12.0. The summed E-state index contributed by atoms with van der Waals surface area (Å²) in [6.45, 7) is 3.83. The number of thioether (sulfide) groups is 1. The molecule has 0 bridgehead atoms. The molecule has 2 heterocycles. The van der Waals surface area contributed by atoms with Crippen LogP contribution in [0, 0.1) is 5.92 Å². The van der Waals surface area contributed by atoms with Crippen molar-refractivity contribution < 1.29 is 19.4 Å². The first-order valence-corrected chi connectivity index (χ1v) is 7.12. The summed E-state index contributed by atoms with van der Waals surface area (Å²) in [7, 11) is 0. The molecule has 0 radical (unpaired) electrons. The quantitative estimate of drug-likeness (QED) is 0.787. The van der Waals surface area contributed by atoms with E-state index in [4.69, 9.17) is 9.84 Å². The summed E-state index contributed by atoms with van der Waals surface area (Å²) >= 11 is 1.49. The van der Waals surface area contributed by atoms with Crippen LogP contribution in [-0.2, 0) is 9.53 Å². The standard InChI is InChI=1S/C11H18N2O4S/c1-7-13(9(6-18-7)10(14)15)11(16)12-4-8-2-3-17-5-8/h7-9H,2-6H2,1H3,(H,12,16)(H,14,15). The van der Waals surface area contributed by atoms with Crippen LogP contribution >= 0.6 is 11.8 Å². The van der Waals surface area contributed by atoms with E-state index >= 15 is 0 Å². The van der Waals surface area contributed by atoms with Crippen molar-refractivity contribution in [2.24, 2.45) is 5.92 Å². The smallest absolute Gasteiger partial charge is 0.327 e. The fraction of sp³-hybridized carbons (Fsp3) is 0.818. The third-order valence-electron chi connectivity index (χ3n) is 3.31. The summed E-state index contributed by atoms with van der Waals surface area (Å²) in [6, 6.07) is -1.00. The average Bonchev–Trinajstić information content (AvgIpc) is 2.94. The van der Waals surface area contributed by atoms with Crippen molar-refractivity contribution >= 4 is 23.8 Å². The first-order valence-electron chi connectivity index (χ1n) is 6.08. The number of hydrogen-bond donors (Lipinski definition) is 2. The molecule has 2 amide bonds. The number of nitrogens with one attached hydrogen (secondary N) is 1. The van der Waals surface area contributed by atoms with Gasteiger partial charge in [-0.3, -0.25) is 4.90 Å². The second-order valence-electron chi connectivity index (χ2n) is 4.61. The zero-order valence-corrected chi connectivity index (χ0v) is 11.1. The fourth-order valence-electron chi connectivity index (χ4n) is 2.21. The Bertz CT molecular complexity index is 333. The van der Waals surface area contributed by atoms with Gasteiger partial charge in [-0.25, -0.2) is 9.59 Å². The Morgan fingerprint density at radius 2 is 2.33 bits per heavy atom. The first-order chi connectivity index (χ1) is 8.59. The number of rotatable bonds is 3. The highest BCUT2D eigenvalue weighted by atomic mass is 32.2. The number of nitrogens with zero attached hydrogens (tertiary/aromatic N) is 1. The first kappa shape index (κ1) is 13.5. The van der Waals surface area contributed by atoms with Gasteiger partial charge in [-0.1, -0.05) is 0 Å². The summed E-state index contributed by atoms with van der Waals surface area (Å²) < 4.78 is 5.23. The minimum atomic E-state index is -0.939. The molecule has 2 fully saturated rings. The van der Waals surface area contributed by atoms with Gasteiger partial charge in [0.2, 0.25) is 0 Å². The number of amides is 2. The molecule has 0 aromatic carbocycles. The number of carbonyl (C=O) groups excluding carboxylic acids is 1.